The predicted octanol–water partition coefficient (Wildman–Crippen LogP) is 3.65. The molecule has 13 heteroatoms. The number of halogens is 6. The summed E-state index contributed by atoms with van der Waals surface area (Å²) in [5, 5.41) is 10.3. The average Bonchev–Trinajstić information content (AvgIpc) is 2.78. The van der Waals surface area contributed by atoms with Crippen LogP contribution >= 0.6 is 0 Å². The summed E-state index contributed by atoms with van der Waals surface area (Å²) >= 11 is 0. The van der Waals surface area contributed by atoms with Crippen LogP contribution in [0.4, 0.5) is 26.3 Å². The largest absolute Gasteiger partial charge is 0.490 e. The van der Waals surface area contributed by atoms with E-state index in [0.29, 0.717) is 25.6 Å². The Morgan fingerprint density at radius 2 is 1.51 bits per heavy atom. The smallest absolute Gasteiger partial charge is 0.475 e. The molecule has 2 N–H and O–H groups in total. The summed E-state index contributed by atoms with van der Waals surface area (Å²) in [6.45, 7) is 7.61. The molecule has 1 heterocycles. The van der Waals surface area contributed by atoms with E-state index in [4.69, 9.17) is 9.90 Å². The SMILES string of the molecule is CC(C)CCN(CCC(=O)N1CCNCC1)C(=O)c1ccc(C(F)(F)F)cc1.O=C(O)C(F)(F)F. The zero-order valence-electron chi connectivity index (χ0n) is 19.4. The summed E-state index contributed by atoms with van der Waals surface area (Å²) in [5.74, 6) is -2.74. The zero-order chi connectivity index (χ0) is 26.8. The van der Waals surface area contributed by atoms with Crippen LogP contribution in [0.2, 0.25) is 0 Å². The van der Waals surface area contributed by atoms with Crippen molar-refractivity contribution in [2.75, 3.05) is 39.3 Å². The highest BCUT2D eigenvalue weighted by atomic mass is 19.4. The maximum Gasteiger partial charge on any atom is 0.490 e. The normalized spacial score (nSPS) is 14.3. The van der Waals surface area contributed by atoms with Crippen LogP contribution in [0.15, 0.2) is 24.3 Å². The highest BCUT2D eigenvalue weighted by molar-refractivity contribution is 5.94. The lowest BCUT2D eigenvalue weighted by Gasteiger charge is -2.29. The summed E-state index contributed by atoms with van der Waals surface area (Å²) in [6, 6.07) is 4.23. The van der Waals surface area contributed by atoms with Crippen molar-refractivity contribution in [3.8, 4) is 0 Å². The number of rotatable bonds is 7. The lowest BCUT2D eigenvalue weighted by molar-refractivity contribution is -0.192. The molecule has 0 aromatic heterocycles. The van der Waals surface area contributed by atoms with Gasteiger partial charge in [0.15, 0.2) is 0 Å². The first-order chi connectivity index (χ1) is 16.1. The van der Waals surface area contributed by atoms with Gasteiger partial charge in [-0.15, -0.1) is 0 Å². The fourth-order valence-electron chi connectivity index (χ4n) is 3.02. The third-order valence-corrected chi connectivity index (χ3v) is 5.03. The van der Waals surface area contributed by atoms with Crippen molar-refractivity contribution in [1.82, 2.24) is 15.1 Å². The number of nitrogens with one attached hydrogen (secondary N) is 1. The van der Waals surface area contributed by atoms with Crippen molar-refractivity contribution in [3.05, 3.63) is 35.4 Å². The number of carboxylic acids is 1. The Hall–Kier alpha value is -2.83. The van der Waals surface area contributed by atoms with Gasteiger partial charge in [0, 0.05) is 51.3 Å². The molecule has 1 fully saturated rings. The second kappa shape index (κ2) is 13.3. The number of alkyl halides is 6. The topological polar surface area (TPSA) is 90.0 Å². The van der Waals surface area contributed by atoms with Gasteiger partial charge in [0.1, 0.15) is 0 Å². The molecule has 1 aliphatic rings. The molecular weight excluding hydrogens is 484 g/mol. The Balaban J connectivity index is 0.000000762. The van der Waals surface area contributed by atoms with Crippen molar-refractivity contribution >= 4 is 17.8 Å². The van der Waals surface area contributed by atoms with Crippen LogP contribution in [0.3, 0.4) is 0 Å². The highest BCUT2D eigenvalue weighted by Gasteiger charge is 2.38. The standard InChI is InChI=1S/C20H28F3N3O2.C2HF3O2/c1-15(2)7-11-26(12-8-18(27)25-13-9-24-10-14-25)19(28)16-3-5-17(6-4-16)20(21,22)23;3-2(4,5)1(6)7/h3-6,15,24H,7-14H2,1-2H3;(H,6,7). The number of benzene rings is 1. The molecule has 0 unspecified atom stereocenters. The Morgan fingerprint density at radius 1 is 1.00 bits per heavy atom. The zero-order valence-corrected chi connectivity index (χ0v) is 19.4. The van der Waals surface area contributed by atoms with E-state index in [1.54, 1.807) is 9.80 Å². The van der Waals surface area contributed by atoms with E-state index < -0.39 is 23.9 Å². The fourth-order valence-corrected chi connectivity index (χ4v) is 3.02. The van der Waals surface area contributed by atoms with Crippen LogP contribution in [-0.4, -0.2) is 78.1 Å². The van der Waals surface area contributed by atoms with Gasteiger partial charge in [-0.2, -0.15) is 26.3 Å². The number of carboxylic acid groups (broad SMARTS) is 1. The van der Waals surface area contributed by atoms with E-state index in [0.717, 1.165) is 31.6 Å². The van der Waals surface area contributed by atoms with E-state index >= 15 is 0 Å². The van der Waals surface area contributed by atoms with Gasteiger partial charge in [0.25, 0.3) is 5.91 Å². The Morgan fingerprint density at radius 3 is 1.94 bits per heavy atom. The molecule has 1 saturated heterocycles. The van der Waals surface area contributed by atoms with Gasteiger partial charge in [-0.3, -0.25) is 9.59 Å². The molecular formula is C22H29F6N3O4. The number of nitrogens with zero attached hydrogens (tertiary/aromatic N) is 2. The van der Waals surface area contributed by atoms with Gasteiger partial charge in [-0.05, 0) is 36.6 Å². The van der Waals surface area contributed by atoms with Crippen LogP contribution in [0.1, 0.15) is 42.6 Å². The molecule has 0 atom stereocenters. The molecule has 7 nitrogen and oxygen atoms in total. The predicted molar refractivity (Wildman–Crippen MR) is 115 cm³/mol. The van der Waals surface area contributed by atoms with E-state index in [2.05, 4.69) is 5.32 Å². The van der Waals surface area contributed by atoms with E-state index in [1.807, 2.05) is 13.8 Å². The van der Waals surface area contributed by atoms with Crippen molar-refractivity contribution < 1.29 is 45.8 Å². The van der Waals surface area contributed by atoms with E-state index in [9.17, 15) is 35.9 Å². The van der Waals surface area contributed by atoms with Gasteiger partial charge in [-0.25, -0.2) is 4.79 Å². The Kier molecular flexibility index (Phi) is 11.5. The van der Waals surface area contributed by atoms with Crippen LogP contribution in [0, 0.1) is 5.92 Å². The maximum atomic E-state index is 12.8. The van der Waals surface area contributed by atoms with Gasteiger partial charge < -0.3 is 20.2 Å². The second-order valence-electron chi connectivity index (χ2n) is 8.23. The Bertz CT molecular complexity index is 835. The quantitative estimate of drug-likeness (QED) is 0.544. The first kappa shape index (κ1) is 30.2. The number of hydrogen-bond acceptors (Lipinski definition) is 4. The van der Waals surface area contributed by atoms with Crippen LogP contribution in [-0.2, 0) is 15.8 Å². The number of piperazine rings is 1. The third kappa shape index (κ3) is 11.0. The van der Waals surface area contributed by atoms with Crippen LogP contribution in [0.5, 0.6) is 0 Å². The molecule has 1 aliphatic heterocycles. The lowest BCUT2D eigenvalue weighted by atomic mass is 10.1. The first-order valence-corrected chi connectivity index (χ1v) is 10.9. The van der Waals surface area contributed by atoms with Crippen LogP contribution in [0.25, 0.3) is 0 Å². The monoisotopic (exact) mass is 513 g/mol. The molecule has 0 aliphatic carbocycles. The van der Waals surface area contributed by atoms with Crippen molar-refractivity contribution in [1.29, 1.82) is 0 Å². The lowest BCUT2D eigenvalue weighted by Crippen LogP contribution is -2.47. The molecule has 35 heavy (non-hydrogen) atoms. The van der Waals surface area contributed by atoms with Gasteiger partial charge >= 0.3 is 18.3 Å². The molecule has 1 aromatic carbocycles. The highest BCUT2D eigenvalue weighted by Crippen LogP contribution is 2.29. The summed E-state index contributed by atoms with van der Waals surface area (Å²) in [6.07, 6.45) is -8.55. The minimum atomic E-state index is -5.08. The van der Waals surface area contributed by atoms with E-state index in [1.165, 1.54) is 12.1 Å². The molecule has 2 amide bonds. The maximum absolute atomic E-state index is 12.8. The van der Waals surface area contributed by atoms with Gasteiger partial charge in [0.05, 0.1) is 5.56 Å². The number of carbonyl (C=O) groups is 3. The summed E-state index contributed by atoms with van der Waals surface area (Å²) < 4.78 is 69.9. The fraction of sp³-hybridized carbons (Fsp3) is 0.591. The minimum absolute atomic E-state index is 0.00346. The van der Waals surface area contributed by atoms with Crippen molar-refractivity contribution in [2.24, 2.45) is 5.92 Å². The molecule has 0 bridgehead atoms. The third-order valence-electron chi connectivity index (χ3n) is 5.03. The van der Waals surface area contributed by atoms with Crippen molar-refractivity contribution in [3.63, 3.8) is 0 Å². The molecule has 1 aromatic rings. The minimum Gasteiger partial charge on any atom is -0.475 e. The van der Waals surface area contributed by atoms with Gasteiger partial charge in [0.2, 0.25) is 5.91 Å². The molecule has 0 radical (unpaired) electrons. The summed E-state index contributed by atoms with van der Waals surface area (Å²) in [5.41, 5.74) is -0.585. The summed E-state index contributed by atoms with van der Waals surface area (Å²) in [7, 11) is 0. The number of aliphatic carboxylic acids is 1. The molecule has 2 rings (SSSR count). The van der Waals surface area contributed by atoms with Gasteiger partial charge in [-0.1, -0.05) is 13.8 Å². The van der Waals surface area contributed by atoms with Crippen molar-refractivity contribution in [2.45, 2.75) is 39.0 Å². The molecule has 0 saturated carbocycles. The van der Waals surface area contributed by atoms with E-state index in [-0.39, 0.29) is 30.3 Å². The second-order valence-corrected chi connectivity index (χ2v) is 8.23. The molecule has 0 spiro atoms. The Labute approximate surface area is 199 Å². The summed E-state index contributed by atoms with van der Waals surface area (Å²) in [4.78, 5) is 37.5. The molecule has 198 valence electrons. The first-order valence-electron chi connectivity index (χ1n) is 10.9. The number of carbonyl (C=O) groups excluding carboxylic acids is 2. The average molecular weight is 513 g/mol. The number of hydrogen-bond donors (Lipinski definition) is 2. The number of amides is 2. The van der Waals surface area contributed by atoms with Crippen LogP contribution < -0.4 is 5.32 Å².